The van der Waals surface area contributed by atoms with Gasteiger partial charge in [-0.15, -0.1) is 0 Å². The van der Waals surface area contributed by atoms with Crippen LogP contribution in [0.25, 0.3) is 0 Å². The van der Waals surface area contributed by atoms with E-state index in [1.807, 2.05) is 0 Å². The Morgan fingerprint density at radius 1 is 0.945 bits per heavy atom. The van der Waals surface area contributed by atoms with Gasteiger partial charge in [-0.3, -0.25) is 14.6 Å². The fourth-order valence-corrected chi connectivity index (χ4v) is 12.2. The van der Waals surface area contributed by atoms with E-state index in [-0.39, 0.29) is 35.3 Å². The summed E-state index contributed by atoms with van der Waals surface area (Å²) in [6.07, 6.45) is 23.6. The molecular weight excluding hydrogens is 729 g/mol. The number of carbonyl (C=O) groups is 2. The van der Waals surface area contributed by atoms with E-state index in [0.29, 0.717) is 42.9 Å². The third-order valence-corrected chi connectivity index (χ3v) is 15.3. The van der Waals surface area contributed by atoms with Crippen LogP contribution >= 0.6 is 21.6 Å². The average Bonchev–Trinajstić information content (AvgIpc) is 3.13. The first kappa shape index (κ1) is 47.3. The van der Waals surface area contributed by atoms with Crippen LogP contribution < -0.4 is 34.0 Å². The van der Waals surface area contributed by atoms with Crippen LogP contribution in [0, 0.1) is 34.5 Å². The number of carbonyl (C=O) groups excluding carboxylic acids is 2. The van der Waals surface area contributed by atoms with Crippen molar-refractivity contribution in [1.82, 2.24) is 5.32 Å². The van der Waals surface area contributed by atoms with Gasteiger partial charge in [0.25, 0.3) is 0 Å². The van der Waals surface area contributed by atoms with Crippen LogP contribution in [-0.4, -0.2) is 66.6 Å². The lowest BCUT2D eigenvalue weighted by Gasteiger charge is -2.60. The molecule has 0 aromatic carbocycles. The van der Waals surface area contributed by atoms with Gasteiger partial charge >= 0.3 is 5.97 Å². The summed E-state index contributed by atoms with van der Waals surface area (Å²) in [5.41, 5.74) is 30.3. The van der Waals surface area contributed by atoms with E-state index >= 15 is 0 Å². The van der Waals surface area contributed by atoms with Crippen LogP contribution in [0.4, 0.5) is 0 Å². The fourth-order valence-electron chi connectivity index (χ4n) is 10.1. The largest absolute Gasteiger partial charge is 0.461 e. The summed E-state index contributed by atoms with van der Waals surface area (Å²) < 4.78 is 6.03. The van der Waals surface area contributed by atoms with Gasteiger partial charge in [-0.05, 0) is 98.7 Å². The van der Waals surface area contributed by atoms with E-state index < -0.39 is 12.1 Å². The number of nitrogens with two attached hydrogens (primary N) is 5. The molecular formula is C42H78N8O3S2. The second kappa shape index (κ2) is 24.0. The van der Waals surface area contributed by atoms with Crippen LogP contribution in [0.5, 0.6) is 0 Å². The van der Waals surface area contributed by atoms with E-state index in [0.717, 1.165) is 49.4 Å². The number of esters is 1. The Kier molecular flexibility index (Phi) is 20.6. The lowest BCUT2D eigenvalue weighted by atomic mass is 9.44. The highest BCUT2D eigenvalue weighted by Gasteiger charge is 2.56. The Bertz CT molecular complexity index is 1280. The van der Waals surface area contributed by atoms with Gasteiger partial charge in [0.15, 0.2) is 11.9 Å². The minimum absolute atomic E-state index is 0.0461. The fraction of sp³-hybridized carbons (Fsp3) is 0.857. The van der Waals surface area contributed by atoms with E-state index in [1.54, 1.807) is 10.8 Å². The number of amides is 1. The van der Waals surface area contributed by atoms with E-state index in [2.05, 4.69) is 56.0 Å². The quantitative estimate of drug-likeness (QED) is 0.0183. The molecule has 0 spiro atoms. The van der Waals surface area contributed by atoms with Crippen molar-refractivity contribution >= 4 is 45.4 Å². The first-order valence-corrected chi connectivity index (χ1v) is 24.1. The number of ether oxygens (including phenoxy) is 1. The lowest BCUT2D eigenvalue weighted by molar-refractivity contribution is -0.152. The summed E-state index contributed by atoms with van der Waals surface area (Å²) >= 11 is 0. The molecule has 4 aliphatic carbocycles. The van der Waals surface area contributed by atoms with Crippen molar-refractivity contribution in [3.8, 4) is 0 Å². The molecule has 316 valence electrons. The highest BCUT2D eigenvalue weighted by molar-refractivity contribution is 8.76. The molecule has 9 atom stereocenters. The van der Waals surface area contributed by atoms with Gasteiger partial charge in [0.2, 0.25) is 5.91 Å². The second-order valence-electron chi connectivity index (χ2n) is 17.3. The number of unbranched alkanes of at least 4 members (excludes halogenated alkanes) is 4. The molecule has 55 heavy (non-hydrogen) atoms. The van der Waals surface area contributed by atoms with Crippen molar-refractivity contribution < 1.29 is 14.3 Å². The lowest BCUT2D eigenvalue weighted by Crippen LogP contribution is -2.52. The monoisotopic (exact) mass is 807 g/mol. The minimum atomic E-state index is -0.687. The molecule has 0 aromatic rings. The van der Waals surface area contributed by atoms with Crippen molar-refractivity contribution in [1.29, 1.82) is 0 Å². The molecule has 13 heteroatoms. The summed E-state index contributed by atoms with van der Waals surface area (Å²) in [5.74, 6) is 3.81. The number of hydrogen-bond donors (Lipinski definition) is 6. The molecule has 11 N–H and O–H groups in total. The Balaban J connectivity index is 0.00000262. The zero-order valence-electron chi connectivity index (χ0n) is 35.0. The molecule has 11 nitrogen and oxygen atoms in total. The zero-order chi connectivity index (χ0) is 40.4. The number of rotatable bonds is 20. The van der Waals surface area contributed by atoms with Gasteiger partial charge in [0.05, 0.1) is 0 Å². The summed E-state index contributed by atoms with van der Waals surface area (Å²) in [7, 11) is 3.07. The van der Waals surface area contributed by atoms with E-state index in [4.69, 9.17) is 33.4 Å². The third-order valence-electron chi connectivity index (χ3n) is 12.9. The van der Waals surface area contributed by atoms with Gasteiger partial charge < -0.3 is 38.7 Å². The maximum Gasteiger partial charge on any atom is 0.324 e. The maximum atomic E-state index is 13.0. The normalized spacial score (nSPS) is 29.3. The second-order valence-corrected chi connectivity index (χ2v) is 20.0. The first-order valence-electron chi connectivity index (χ1n) is 21.6. The predicted octanol–water partition coefficient (Wildman–Crippen LogP) is 7.16. The van der Waals surface area contributed by atoms with Crippen molar-refractivity contribution in [2.75, 3.05) is 24.6 Å². The van der Waals surface area contributed by atoms with Crippen LogP contribution in [0.15, 0.2) is 21.6 Å². The molecule has 0 aromatic heterocycles. The van der Waals surface area contributed by atoms with E-state index in [9.17, 15) is 9.59 Å². The van der Waals surface area contributed by atoms with Crippen LogP contribution in [-0.2, 0) is 14.3 Å². The minimum Gasteiger partial charge on any atom is -0.461 e. The van der Waals surface area contributed by atoms with Gasteiger partial charge in [0.1, 0.15) is 18.2 Å². The molecule has 1 amide bonds. The van der Waals surface area contributed by atoms with Gasteiger partial charge in [-0.25, -0.2) is 4.99 Å². The number of nitrogens with one attached hydrogen (secondary N) is 1. The SMILES string of the molecule is CCC.CCCCCCC1CCC2C3CC=C4CC(OC(=O)C(N)CSSCCNC(=O)C(CCCCN=C(N)N)N=C(N)N)CCC4(C)C3CCC2(C)C1. The molecule has 0 heterocycles. The van der Waals surface area contributed by atoms with Crippen molar-refractivity contribution in [3.05, 3.63) is 11.6 Å². The van der Waals surface area contributed by atoms with Crippen molar-refractivity contribution in [3.63, 3.8) is 0 Å². The number of allylic oxidation sites excluding steroid dienone is 1. The number of hydrogen-bond acceptors (Lipinski definition) is 8. The standard InChI is InChI=1S/C39H70N8O3S2.C3H8/c1-4-5-6-7-10-26-12-15-30-29-14-13-27-23-28(16-19-39(27,3)31(29)17-18-38(30,2)24-26)50-35(49)32(40)25-52-51-22-21-45-34(48)33(47-37(43)44)11-8-9-20-46-36(41)42;1-3-2/h13,26,28-33H,4-12,14-25,40H2,1-3H3,(H,45,48)(H4,41,42,46)(H4,43,44,47);3H2,1-2H3. The first-order chi connectivity index (χ1) is 26.3. The Morgan fingerprint density at radius 3 is 2.42 bits per heavy atom. The van der Waals surface area contributed by atoms with E-state index in [1.165, 1.54) is 93.4 Å². The molecule has 3 fully saturated rings. The molecule has 4 aliphatic rings. The number of guanidine groups is 2. The summed E-state index contributed by atoms with van der Waals surface area (Å²) in [6, 6.07) is -1.35. The van der Waals surface area contributed by atoms with Crippen LogP contribution in [0.1, 0.15) is 150 Å². The van der Waals surface area contributed by atoms with Gasteiger partial charge in [-0.2, -0.15) is 0 Å². The average molecular weight is 807 g/mol. The predicted molar refractivity (Wildman–Crippen MR) is 234 cm³/mol. The summed E-state index contributed by atoms with van der Waals surface area (Å²) in [4.78, 5) is 33.7. The Hall–Kier alpha value is -2.12. The molecule has 0 saturated heterocycles. The molecule has 0 bridgehead atoms. The maximum absolute atomic E-state index is 13.0. The zero-order valence-corrected chi connectivity index (χ0v) is 36.6. The van der Waals surface area contributed by atoms with Crippen LogP contribution in [0.3, 0.4) is 0 Å². The van der Waals surface area contributed by atoms with Gasteiger partial charge in [-0.1, -0.05) is 113 Å². The number of aliphatic imine (C=N–C) groups is 2. The van der Waals surface area contributed by atoms with Crippen molar-refractivity contribution in [2.24, 2.45) is 73.2 Å². The highest BCUT2D eigenvalue weighted by atomic mass is 33.1. The van der Waals surface area contributed by atoms with Crippen LogP contribution in [0.2, 0.25) is 0 Å². The van der Waals surface area contributed by atoms with Gasteiger partial charge in [0, 0.05) is 31.0 Å². The summed E-state index contributed by atoms with van der Waals surface area (Å²) in [5, 5.41) is 2.90. The number of nitrogens with zero attached hydrogens (tertiary/aromatic N) is 2. The van der Waals surface area contributed by atoms with Crippen molar-refractivity contribution in [2.45, 2.75) is 168 Å². The summed E-state index contributed by atoms with van der Waals surface area (Å²) in [6.45, 7) is 12.6. The molecule has 9 unspecified atom stereocenters. The molecule has 0 radical (unpaired) electrons. The smallest absolute Gasteiger partial charge is 0.324 e. The Morgan fingerprint density at radius 2 is 1.71 bits per heavy atom. The molecule has 0 aliphatic heterocycles. The Labute approximate surface area is 341 Å². The topological polar surface area (TPSA) is 210 Å². The number of fused-ring (bicyclic) bond motifs is 5. The molecule has 4 rings (SSSR count). The molecule has 3 saturated carbocycles. The third kappa shape index (κ3) is 14.6. The highest BCUT2D eigenvalue weighted by Crippen LogP contribution is 2.64.